The van der Waals surface area contributed by atoms with Crippen LogP contribution in [0.2, 0.25) is 0 Å². The number of anilines is 1. The Kier molecular flexibility index (Phi) is 6.92. The van der Waals surface area contributed by atoms with E-state index in [2.05, 4.69) is 16.8 Å². The number of hydrogen-bond donors (Lipinski definition) is 4. The maximum absolute atomic E-state index is 12.5. The van der Waals surface area contributed by atoms with Crippen molar-refractivity contribution in [1.82, 2.24) is 0 Å². The van der Waals surface area contributed by atoms with Crippen LogP contribution in [0.15, 0.2) is 54.8 Å². The Hall–Kier alpha value is -3.16. The number of phenolic OH excluding ortho intramolecular Hbond substituents is 1. The van der Waals surface area contributed by atoms with E-state index >= 15 is 0 Å². The first-order chi connectivity index (χ1) is 13.4. The highest BCUT2D eigenvalue weighted by atomic mass is 19.3. The van der Waals surface area contributed by atoms with Crippen molar-refractivity contribution in [1.29, 1.82) is 0 Å². The fourth-order valence-corrected chi connectivity index (χ4v) is 2.84. The molecule has 2 aromatic rings. The van der Waals surface area contributed by atoms with Gasteiger partial charge in [-0.15, -0.1) is 6.58 Å². The molecule has 1 unspecified atom stereocenters. The van der Waals surface area contributed by atoms with E-state index in [9.17, 15) is 14.4 Å². The van der Waals surface area contributed by atoms with Gasteiger partial charge in [-0.2, -0.15) is 0 Å². The fraction of sp³-hybridized carbons (Fsp3) is 0.190. The number of aliphatic hydroxyl groups is 1. The molecule has 0 saturated carbocycles. The number of nitrogens with one attached hydrogen (secondary N) is 1. The number of fused-ring (bicyclic) bond motifs is 1. The van der Waals surface area contributed by atoms with Crippen LogP contribution in [0.5, 0.6) is 5.75 Å². The molecule has 0 aromatic heterocycles. The molecule has 0 spiro atoms. The van der Waals surface area contributed by atoms with E-state index in [-0.39, 0.29) is 23.7 Å². The predicted octanol–water partition coefficient (Wildman–Crippen LogP) is 3.83. The summed E-state index contributed by atoms with van der Waals surface area (Å²) in [5, 5.41) is 22.0. The van der Waals surface area contributed by atoms with E-state index in [1.807, 2.05) is 6.92 Å². The number of allylic oxidation sites excluding steroid dienone is 2. The molecule has 3 rings (SSSR count). The Morgan fingerprint density at radius 3 is 2.46 bits per heavy atom. The molecule has 0 fully saturated rings. The molecule has 1 amide bonds. The Balaban J connectivity index is 0.000000878. The zero-order chi connectivity index (χ0) is 20.8. The third-order valence-corrected chi connectivity index (χ3v) is 4.19. The van der Waals surface area contributed by atoms with Gasteiger partial charge >= 0.3 is 0 Å². The second-order valence-corrected chi connectivity index (χ2v) is 6.20. The number of carbonyl (C=O) groups is 1. The van der Waals surface area contributed by atoms with E-state index < -0.39 is 11.9 Å². The lowest BCUT2D eigenvalue weighted by atomic mass is 9.96. The van der Waals surface area contributed by atoms with Crippen LogP contribution < -0.4 is 11.1 Å². The third kappa shape index (κ3) is 4.21. The van der Waals surface area contributed by atoms with Crippen LogP contribution in [0, 0.1) is 0 Å². The second-order valence-electron chi connectivity index (χ2n) is 6.20. The van der Waals surface area contributed by atoms with Crippen LogP contribution in [0.4, 0.5) is 10.2 Å². The van der Waals surface area contributed by atoms with E-state index in [1.165, 1.54) is 13.0 Å². The smallest absolute Gasteiger partial charge is 0.259 e. The SMILES string of the molecule is C/C(OF)=C1\C(=O)Nc2cc(O)c(-c3ccc(C(N)CO)cc3)cc21.C=CC. The molecular formula is C21H23FN2O4. The van der Waals surface area contributed by atoms with Gasteiger partial charge < -0.3 is 21.3 Å². The molecule has 1 aliphatic heterocycles. The number of amides is 1. The lowest BCUT2D eigenvalue weighted by Crippen LogP contribution is -2.14. The highest BCUT2D eigenvalue weighted by Gasteiger charge is 2.29. The summed E-state index contributed by atoms with van der Waals surface area (Å²) in [6, 6.07) is 9.52. The van der Waals surface area contributed by atoms with Gasteiger partial charge in [0.25, 0.3) is 5.91 Å². The van der Waals surface area contributed by atoms with Gasteiger partial charge in [0.05, 0.1) is 23.9 Å². The van der Waals surface area contributed by atoms with Crippen molar-refractivity contribution < 1.29 is 24.5 Å². The maximum atomic E-state index is 12.5. The van der Waals surface area contributed by atoms with E-state index in [0.717, 1.165) is 5.56 Å². The van der Waals surface area contributed by atoms with Gasteiger partial charge in [0, 0.05) is 21.7 Å². The number of benzene rings is 2. The summed E-state index contributed by atoms with van der Waals surface area (Å²) in [5.41, 5.74) is 8.60. The molecule has 0 bridgehead atoms. The number of aliphatic hydroxyl groups excluding tert-OH is 1. The highest BCUT2D eigenvalue weighted by molar-refractivity contribution is 6.32. The Morgan fingerprint density at radius 1 is 1.32 bits per heavy atom. The van der Waals surface area contributed by atoms with Crippen molar-refractivity contribution in [3.63, 3.8) is 0 Å². The molecule has 28 heavy (non-hydrogen) atoms. The second kappa shape index (κ2) is 9.16. The first-order valence-electron chi connectivity index (χ1n) is 8.59. The normalized spacial score (nSPS) is 15.0. The molecule has 1 atom stereocenters. The lowest BCUT2D eigenvalue weighted by Gasteiger charge is -2.11. The zero-order valence-corrected chi connectivity index (χ0v) is 15.7. The summed E-state index contributed by atoms with van der Waals surface area (Å²) < 4.78 is 12.5. The van der Waals surface area contributed by atoms with Crippen molar-refractivity contribution in [3.8, 4) is 16.9 Å². The summed E-state index contributed by atoms with van der Waals surface area (Å²) in [7, 11) is 0. The minimum atomic E-state index is -0.494. The maximum Gasteiger partial charge on any atom is 0.259 e. The summed E-state index contributed by atoms with van der Waals surface area (Å²) in [5.74, 6) is -0.679. The van der Waals surface area contributed by atoms with Gasteiger partial charge in [-0.25, -0.2) is 0 Å². The van der Waals surface area contributed by atoms with Gasteiger partial charge in [-0.1, -0.05) is 30.3 Å². The van der Waals surface area contributed by atoms with Gasteiger partial charge in [0.1, 0.15) is 5.75 Å². The summed E-state index contributed by atoms with van der Waals surface area (Å²) >= 11 is 0. The molecule has 5 N–H and O–H groups in total. The van der Waals surface area contributed by atoms with E-state index in [1.54, 1.807) is 36.4 Å². The van der Waals surface area contributed by atoms with Crippen molar-refractivity contribution in [3.05, 3.63) is 65.9 Å². The van der Waals surface area contributed by atoms with Gasteiger partial charge in [0.2, 0.25) is 0 Å². The van der Waals surface area contributed by atoms with Crippen molar-refractivity contribution in [2.45, 2.75) is 19.9 Å². The number of carbonyl (C=O) groups excluding carboxylic acids is 1. The minimum Gasteiger partial charge on any atom is -0.507 e. The monoisotopic (exact) mass is 386 g/mol. The number of rotatable bonds is 4. The average Bonchev–Trinajstić information content (AvgIpc) is 3.01. The minimum absolute atomic E-state index is 0.0293. The van der Waals surface area contributed by atoms with Crippen LogP contribution in [-0.2, 0) is 9.74 Å². The largest absolute Gasteiger partial charge is 0.507 e. The Bertz CT molecular complexity index is 907. The number of halogens is 1. The molecular weight excluding hydrogens is 363 g/mol. The van der Waals surface area contributed by atoms with Gasteiger partial charge in [0.15, 0.2) is 5.76 Å². The van der Waals surface area contributed by atoms with Crippen LogP contribution in [0.1, 0.15) is 31.0 Å². The lowest BCUT2D eigenvalue weighted by molar-refractivity contribution is -0.112. The first-order valence-corrected chi connectivity index (χ1v) is 8.59. The van der Waals surface area contributed by atoms with Gasteiger partial charge in [-0.3, -0.25) is 9.74 Å². The number of aromatic hydroxyl groups is 1. The predicted molar refractivity (Wildman–Crippen MR) is 107 cm³/mol. The topological polar surface area (TPSA) is 105 Å². The molecule has 148 valence electrons. The van der Waals surface area contributed by atoms with Crippen LogP contribution in [-0.4, -0.2) is 22.7 Å². The quantitative estimate of drug-likeness (QED) is 0.363. The standard InChI is InChI=1S/C18H17FN2O4.C3H6/c1-9(25-19)17-13-6-12(16(23)7-15(13)21-18(17)24)10-2-4-11(5-3-10)14(20)8-22;1-3-2/h2-7,14,22-23H,8,20H2,1H3,(H,21,24);3H,1H2,2H3/b17-9+;. The number of nitrogens with two attached hydrogens (primary N) is 1. The molecule has 0 radical (unpaired) electrons. The molecule has 6 nitrogen and oxygen atoms in total. The van der Waals surface area contributed by atoms with E-state index in [4.69, 9.17) is 10.8 Å². The summed E-state index contributed by atoms with van der Waals surface area (Å²) in [6.07, 6.45) is 1.75. The fourth-order valence-electron chi connectivity index (χ4n) is 2.84. The third-order valence-electron chi connectivity index (χ3n) is 4.19. The van der Waals surface area contributed by atoms with Crippen LogP contribution >= 0.6 is 0 Å². The average molecular weight is 386 g/mol. The van der Waals surface area contributed by atoms with E-state index in [0.29, 0.717) is 22.4 Å². The Labute approximate surface area is 162 Å². The van der Waals surface area contributed by atoms with Crippen molar-refractivity contribution in [2.24, 2.45) is 5.73 Å². The zero-order valence-electron chi connectivity index (χ0n) is 15.7. The van der Waals surface area contributed by atoms with Crippen LogP contribution in [0.25, 0.3) is 16.7 Å². The molecule has 0 saturated heterocycles. The molecule has 2 aromatic carbocycles. The summed E-state index contributed by atoms with van der Waals surface area (Å²) in [6.45, 7) is 6.43. The summed E-state index contributed by atoms with van der Waals surface area (Å²) in [4.78, 5) is 15.7. The molecule has 7 heteroatoms. The molecule has 1 aliphatic rings. The number of phenols is 1. The Morgan fingerprint density at radius 2 is 1.93 bits per heavy atom. The number of hydrogen-bond acceptors (Lipinski definition) is 5. The van der Waals surface area contributed by atoms with Crippen molar-refractivity contribution >= 4 is 17.2 Å². The van der Waals surface area contributed by atoms with Crippen molar-refractivity contribution in [2.75, 3.05) is 11.9 Å². The van der Waals surface area contributed by atoms with Gasteiger partial charge in [-0.05, 0) is 31.0 Å². The molecule has 1 heterocycles. The molecule has 0 aliphatic carbocycles. The first kappa shape index (κ1) is 21.1. The highest BCUT2D eigenvalue weighted by Crippen LogP contribution is 2.41. The van der Waals surface area contributed by atoms with Crippen LogP contribution in [0.3, 0.4) is 0 Å².